The van der Waals surface area contributed by atoms with E-state index in [4.69, 9.17) is 0 Å². The Labute approximate surface area is 124 Å². The van der Waals surface area contributed by atoms with Gasteiger partial charge >= 0.3 is 6.18 Å². The first-order valence-corrected chi connectivity index (χ1v) is 7.52. The summed E-state index contributed by atoms with van der Waals surface area (Å²) in [6.07, 6.45) is -1.99. The first-order valence-electron chi connectivity index (χ1n) is 7.52. The molecule has 1 aliphatic heterocycles. The van der Waals surface area contributed by atoms with E-state index < -0.39 is 11.7 Å². The molecule has 1 atom stereocenters. The summed E-state index contributed by atoms with van der Waals surface area (Å²) < 4.78 is 37.7. The summed E-state index contributed by atoms with van der Waals surface area (Å²) in [4.78, 5) is 2.19. The van der Waals surface area contributed by atoms with E-state index in [1.807, 2.05) is 0 Å². The molecule has 118 valence electrons. The highest BCUT2D eigenvalue weighted by molar-refractivity contribution is 5.48. The fourth-order valence-corrected chi connectivity index (χ4v) is 2.73. The van der Waals surface area contributed by atoms with Crippen molar-refractivity contribution in [2.24, 2.45) is 5.92 Å². The van der Waals surface area contributed by atoms with E-state index in [9.17, 15) is 13.2 Å². The molecule has 0 radical (unpaired) electrons. The van der Waals surface area contributed by atoms with Crippen LogP contribution in [0.2, 0.25) is 0 Å². The first kappa shape index (κ1) is 16.1. The third-order valence-electron chi connectivity index (χ3n) is 3.89. The topological polar surface area (TPSA) is 15.3 Å². The van der Waals surface area contributed by atoms with E-state index in [1.54, 1.807) is 12.1 Å². The zero-order chi connectivity index (χ0) is 15.5. The van der Waals surface area contributed by atoms with Gasteiger partial charge in [-0.05, 0) is 49.6 Å². The highest BCUT2D eigenvalue weighted by Crippen LogP contribution is 2.31. The molecule has 1 heterocycles. The Morgan fingerprint density at radius 3 is 2.48 bits per heavy atom. The van der Waals surface area contributed by atoms with Crippen molar-refractivity contribution in [1.82, 2.24) is 5.32 Å². The number of alkyl halides is 3. The van der Waals surface area contributed by atoms with Gasteiger partial charge in [-0.2, -0.15) is 13.2 Å². The number of piperidine rings is 1. The molecule has 0 aliphatic carbocycles. The average molecular weight is 300 g/mol. The first-order chi connectivity index (χ1) is 9.86. The second kappa shape index (κ2) is 6.69. The molecule has 5 heteroatoms. The van der Waals surface area contributed by atoms with E-state index in [2.05, 4.69) is 24.1 Å². The summed E-state index contributed by atoms with van der Waals surface area (Å²) in [6, 6.07) is 5.98. The molecule has 1 unspecified atom stereocenters. The molecule has 1 aromatic carbocycles. The molecule has 0 aromatic heterocycles. The second-order valence-corrected chi connectivity index (χ2v) is 6.06. The van der Waals surface area contributed by atoms with Gasteiger partial charge in [-0.3, -0.25) is 0 Å². The number of nitrogens with one attached hydrogen (secondary N) is 1. The molecular formula is C16H23F3N2. The van der Waals surface area contributed by atoms with Gasteiger partial charge in [0.2, 0.25) is 0 Å². The minimum Gasteiger partial charge on any atom is -0.371 e. The van der Waals surface area contributed by atoms with Crippen LogP contribution in [-0.4, -0.2) is 25.7 Å². The van der Waals surface area contributed by atoms with E-state index in [-0.39, 0.29) is 0 Å². The average Bonchev–Trinajstić information content (AvgIpc) is 2.45. The van der Waals surface area contributed by atoms with Crippen molar-refractivity contribution in [1.29, 1.82) is 0 Å². The quantitative estimate of drug-likeness (QED) is 0.906. The SMILES string of the molecule is CC(C)NCC1CCCN(c2ccc(C(F)(F)F)cc2)C1. The van der Waals surface area contributed by atoms with Crippen molar-refractivity contribution in [3.05, 3.63) is 29.8 Å². The molecule has 2 rings (SSSR count). The predicted octanol–water partition coefficient (Wildman–Crippen LogP) is 3.92. The molecule has 0 spiro atoms. The van der Waals surface area contributed by atoms with Crippen molar-refractivity contribution in [2.75, 3.05) is 24.5 Å². The Bertz CT molecular complexity index is 440. The maximum absolute atomic E-state index is 12.6. The molecule has 1 aliphatic rings. The Kier molecular flexibility index (Phi) is 5.14. The molecule has 1 fully saturated rings. The summed E-state index contributed by atoms with van der Waals surface area (Å²) >= 11 is 0. The van der Waals surface area contributed by atoms with Crippen LogP contribution in [0.3, 0.4) is 0 Å². The summed E-state index contributed by atoms with van der Waals surface area (Å²) in [5.41, 5.74) is 0.304. The standard InChI is InChI=1S/C16H23F3N2/c1-12(2)20-10-13-4-3-9-21(11-13)15-7-5-14(6-8-15)16(17,18)19/h5-8,12-13,20H,3-4,9-11H2,1-2H3. The lowest BCUT2D eigenvalue weighted by Gasteiger charge is -2.35. The highest BCUT2D eigenvalue weighted by atomic mass is 19.4. The third-order valence-corrected chi connectivity index (χ3v) is 3.89. The molecule has 1 aromatic rings. The third kappa shape index (κ3) is 4.63. The second-order valence-electron chi connectivity index (χ2n) is 6.06. The summed E-state index contributed by atoms with van der Waals surface area (Å²) in [7, 11) is 0. The van der Waals surface area contributed by atoms with E-state index in [0.29, 0.717) is 12.0 Å². The lowest BCUT2D eigenvalue weighted by atomic mass is 9.97. The fraction of sp³-hybridized carbons (Fsp3) is 0.625. The Hall–Kier alpha value is -1.23. The van der Waals surface area contributed by atoms with Crippen molar-refractivity contribution in [3.63, 3.8) is 0 Å². The van der Waals surface area contributed by atoms with Gasteiger partial charge < -0.3 is 10.2 Å². The van der Waals surface area contributed by atoms with Crippen LogP contribution in [-0.2, 0) is 6.18 Å². The minimum absolute atomic E-state index is 0.464. The predicted molar refractivity (Wildman–Crippen MR) is 79.5 cm³/mol. The smallest absolute Gasteiger partial charge is 0.371 e. The number of anilines is 1. The monoisotopic (exact) mass is 300 g/mol. The number of hydrogen-bond donors (Lipinski definition) is 1. The number of halogens is 3. The molecule has 0 bridgehead atoms. The van der Waals surface area contributed by atoms with Crippen LogP contribution in [0.5, 0.6) is 0 Å². The Morgan fingerprint density at radius 1 is 1.24 bits per heavy atom. The summed E-state index contributed by atoms with van der Waals surface area (Å²) in [5, 5.41) is 3.44. The van der Waals surface area contributed by atoms with E-state index in [0.717, 1.165) is 31.7 Å². The van der Waals surface area contributed by atoms with Gasteiger partial charge in [-0.25, -0.2) is 0 Å². The maximum atomic E-state index is 12.6. The van der Waals surface area contributed by atoms with Crippen LogP contribution < -0.4 is 10.2 Å². The van der Waals surface area contributed by atoms with Gasteiger partial charge in [-0.1, -0.05) is 13.8 Å². The van der Waals surface area contributed by atoms with Crippen molar-refractivity contribution < 1.29 is 13.2 Å². The van der Waals surface area contributed by atoms with Crippen molar-refractivity contribution >= 4 is 5.69 Å². The fourth-order valence-electron chi connectivity index (χ4n) is 2.73. The van der Waals surface area contributed by atoms with Crippen LogP contribution in [0, 0.1) is 5.92 Å². The van der Waals surface area contributed by atoms with Crippen LogP contribution >= 0.6 is 0 Å². The number of benzene rings is 1. The van der Waals surface area contributed by atoms with Crippen LogP contribution in [0.25, 0.3) is 0 Å². The van der Waals surface area contributed by atoms with Gasteiger partial charge in [0.05, 0.1) is 5.56 Å². The maximum Gasteiger partial charge on any atom is 0.416 e. The van der Waals surface area contributed by atoms with E-state index >= 15 is 0 Å². The van der Waals surface area contributed by atoms with E-state index in [1.165, 1.54) is 18.6 Å². The molecule has 21 heavy (non-hydrogen) atoms. The van der Waals surface area contributed by atoms with Crippen molar-refractivity contribution in [3.8, 4) is 0 Å². The molecule has 0 saturated carbocycles. The largest absolute Gasteiger partial charge is 0.416 e. The van der Waals surface area contributed by atoms with Gasteiger partial charge in [0.25, 0.3) is 0 Å². The lowest BCUT2D eigenvalue weighted by Crippen LogP contribution is -2.41. The Balaban J connectivity index is 1.97. The summed E-state index contributed by atoms with van der Waals surface area (Å²) in [6.45, 7) is 7.04. The number of nitrogens with zero attached hydrogens (tertiary/aromatic N) is 1. The van der Waals surface area contributed by atoms with Gasteiger partial charge in [0.15, 0.2) is 0 Å². The van der Waals surface area contributed by atoms with Crippen LogP contribution in [0.4, 0.5) is 18.9 Å². The van der Waals surface area contributed by atoms with Crippen LogP contribution in [0.15, 0.2) is 24.3 Å². The van der Waals surface area contributed by atoms with Gasteiger partial charge in [0.1, 0.15) is 0 Å². The zero-order valence-electron chi connectivity index (χ0n) is 12.6. The van der Waals surface area contributed by atoms with Crippen molar-refractivity contribution in [2.45, 2.75) is 38.9 Å². The Morgan fingerprint density at radius 2 is 1.90 bits per heavy atom. The molecule has 0 amide bonds. The van der Waals surface area contributed by atoms with Gasteiger partial charge in [0, 0.05) is 24.8 Å². The molecule has 1 N–H and O–H groups in total. The van der Waals surface area contributed by atoms with Crippen LogP contribution in [0.1, 0.15) is 32.3 Å². The lowest BCUT2D eigenvalue weighted by molar-refractivity contribution is -0.137. The molecule has 1 saturated heterocycles. The number of hydrogen-bond acceptors (Lipinski definition) is 2. The number of rotatable bonds is 4. The van der Waals surface area contributed by atoms with Gasteiger partial charge in [-0.15, -0.1) is 0 Å². The normalized spacial score (nSPS) is 20.1. The molecular weight excluding hydrogens is 277 g/mol. The minimum atomic E-state index is -4.26. The highest BCUT2D eigenvalue weighted by Gasteiger charge is 2.30. The molecule has 2 nitrogen and oxygen atoms in total. The summed E-state index contributed by atoms with van der Waals surface area (Å²) in [5.74, 6) is 0.559. The zero-order valence-corrected chi connectivity index (χ0v) is 12.6.